The molecule has 1 atom stereocenters. The molecule has 15 heavy (non-hydrogen) atoms. The van der Waals surface area contributed by atoms with E-state index in [1.165, 1.54) is 0 Å². The van der Waals surface area contributed by atoms with E-state index in [9.17, 15) is 5.11 Å². The Bertz CT molecular complexity index is 315. The van der Waals surface area contributed by atoms with Gasteiger partial charge in [-0.1, -0.05) is 30.3 Å². The van der Waals surface area contributed by atoms with Crippen molar-refractivity contribution in [3.8, 4) is 0 Å². The number of rotatable bonds is 1. The van der Waals surface area contributed by atoms with Gasteiger partial charge in [-0.15, -0.1) is 0 Å². The van der Waals surface area contributed by atoms with Crippen LogP contribution in [-0.2, 0) is 10.3 Å². The smallest absolute Gasteiger partial charge is 0.125 e. The number of likely N-dealkylation sites (N-methyl/N-ethyl adjacent to an activating group) is 1. The van der Waals surface area contributed by atoms with Gasteiger partial charge >= 0.3 is 0 Å². The average molecular weight is 207 g/mol. The van der Waals surface area contributed by atoms with Crippen molar-refractivity contribution >= 4 is 0 Å². The van der Waals surface area contributed by atoms with Gasteiger partial charge in [0.1, 0.15) is 5.60 Å². The van der Waals surface area contributed by atoms with Crippen LogP contribution in [0.1, 0.15) is 5.56 Å². The second-order valence-electron chi connectivity index (χ2n) is 4.19. The van der Waals surface area contributed by atoms with Gasteiger partial charge in [-0.3, -0.25) is 0 Å². The molecule has 1 aromatic carbocycles. The van der Waals surface area contributed by atoms with E-state index >= 15 is 0 Å². The fraction of sp³-hybridized carbons (Fsp3) is 0.500. The van der Waals surface area contributed by atoms with Crippen LogP contribution in [0.25, 0.3) is 0 Å². The monoisotopic (exact) mass is 207 g/mol. The average Bonchev–Trinajstić information content (AvgIpc) is 2.42. The van der Waals surface area contributed by atoms with E-state index in [0.29, 0.717) is 19.8 Å². The Kier molecular flexibility index (Phi) is 3.05. The number of β-amino-alcohol motifs (C(OH)–C–C–N with tert-alkyl or cyclic N) is 1. The summed E-state index contributed by atoms with van der Waals surface area (Å²) in [6, 6.07) is 9.73. The summed E-state index contributed by atoms with van der Waals surface area (Å²) >= 11 is 0. The molecule has 1 fully saturated rings. The van der Waals surface area contributed by atoms with Gasteiger partial charge < -0.3 is 14.7 Å². The van der Waals surface area contributed by atoms with E-state index in [4.69, 9.17) is 4.74 Å². The molecular formula is C12H17NO2. The second-order valence-corrected chi connectivity index (χ2v) is 4.19. The molecule has 1 N–H and O–H groups in total. The lowest BCUT2D eigenvalue weighted by atomic mass is 9.94. The zero-order chi connectivity index (χ0) is 10.7. The zero-order valence-electron chi connectivity index (χ0n) is 9.02. The Morgan fingerprint density at radius 3 is 2.80 bits per heavy atom. The first-order valence-electron chi connectivity index (χ1n) is 5.25. The SMILES string of the molecule is CN1CCOCC(O)(c2ccccc2)C1. The van der Waals surface area contributed by atoms with Crippen molar-refractivity contribution < 1.29 is 9.84 Å². The van der Waals surface area contributed by atoms with E-state index in [-0.39, 0.29) is 0 Å². The zero-order valence-corrected chi connectivity index (χ0v) is 9.02. The molecule has 0 saturated carbocycles. The van der Waals surface area contributed by atoms with E-state index in [0.717, 1.165) is 12.1 Å². The third-order valence-electron chi connectivity index (χ3n) is 2.80. The highest BCUT2D eigenvalue weighted by atomic mass is 16.5. The molecule has 0 bridgehead atoms. The van der Waals surface area contributed by atoms with Gasteiger partial charge in [0.05, 0.1) is 13.2 Å². The number of ether oxygens (including phenoxy) is 1. The lowest BCUT2D eigenvalue weighted by Crippen LogP contribution is -2.40. The van der Waals surface area contributed by atoms with Crippen LogP contribution in [0, 0.1) is 0 Å². The van der Waals surface area contributed by atoms with Crippen molar-refractivity contribution in [1.82, 2.24) is 4.90 Å². The first-order chi connectivity index (χ1) is 7.21. The highest BCUT2D eigenvalue weighted by Crippen LogP contribution is 2.23. The molecule has 3 nitrogen and oxygen atoms in total. The standard InChI is InChI=1S/C12H17NO2/c1-13-7-8-15-10-12(14,9-13)11-5-3-2-4-6-11/h2-6,14H,7-10H2,1H3. The number of nitrogens with zero attached hydrogens (tertiary/aromatic N) is 1. The molecule has 1 heterocycles. The summed E-state index contributed by atoms with van der Waals surface area (Å²) in [5.41, 5.74) is 0.0609. The maximum atomic E-state index is 10.5. The van der Waals surface area contributed by atoms with Gasteiger partial charge in [0.2, 0.25) is 0 Å². The molecule has 1 unspecified atom stereocenters. The predicted octanol–water partition coefficient (Wildman–Crippen LogP) is 0.836. The van der Waals surface area contributed by atoms with Crippen molar-refractivity contribution in [1.29, 1.82) is 0 Å². The maximum absolute atomic E-state index is 10.5. The maximum Gasteiger partial charge on any atom is 0.125 e. The molecule has 1 aromatic rings. The molecule has 0 radical (unpaired) electrons. The van der Waals surface area contributed by atoms with Crippen LogP contribution in [0.4, 0.5) is 0 Å². The fourth-order valence-electron chi connectivity index (χ4n) is 1.96. The molecule has 82 valence electrons. The Labute approximate surface area is 90.3 Å². The van der Waals surface area contributed by atoms with Crippen LogP contribution >= 0.6 is 0 Å². The van der Waals surface area contributed by atoms with Crippen LogP contribution in [0.3, 0.4) is 0 Å². The van der Waals surface area contributed by atoms with Crippen LogP contribution in [0.15, 0.2) is 30.3 Å². The number of benzene rings is 1. The molecule has 3 heteroatoms. The van der Waals surface area contributed by atoms with Crippen molar-refractivity contribution in [2.75, 3.05) is 33.4 Å². The second kappa shape index (κ2) is 4.31. The largest absolute Gasteiger partial charge is 0.381 e. The van der Waals surface area contributed by atoms with Gasteiger partial charge in [0.25, 0.3) is 0 Å². The van der Waals surface area contributed by atoms with E-state index in [1.54, 1.807) is 0 Å². The molecule has 0 amide bonds. The first kappa shape index (κ1) is 10.6. The van der Waals surface area contributed by atoms with Gasteiger partial charge in [-0.25, -0.2) is 0 Å². The van der Waals surface area contributed by atoms with E-state index < -0.39 is 5.60 Å². The van der Waals surface area contributed by atoms with Crippen molar-refractivity contribution in [3.63, 3.8) is 0 Å². The third kappa shape index (κ3) is 2.37. The third-order valence-corrected chi connectivity index (χ3v) is 2.80. The number of hydrogen-bond acceptors (Lipinski definition) is 3. The van der Waals surface area contributed by atoms with Crippen molar-refractivity contribution in [2.45, 2.75) is 5.60 Å². The van der Waals surface area contributed by atoms with E-state index in [1.807, 2.05) is 37.4 Å². The van der Waals surface area contributed by atoms with Crippen LogP contribution < -0.4 is 0 Å². The predicted molar refractivity (Wildman–Crippen MR) is 58.7 cm³/mol. The van der Waals surface area contributed by atoms with Gasteiger partial charge in [-0.2, -0.15) is 0 Å². The number of aliphatic hydroxyl groups is 1. The van der Waals surface area contributed by atoms with Crippen LogP contribution in [0.5, 0.6) is 0 Å². The summed E-state index contributed by atoms with van der Waals surface area (Å²) in [7, 11) is 2.00. The Balaban J connectivity index is 2.24. The van der Waals surface area contributed by atoms with Crippen molar-refractivity contribution in [2.24, 2.45) is 0 Å². The highest BCUT2D eigenvalue weighted by molar-refractivity contribution is 5.23. The minimum absolute atomic E-state index is 0.376. The molecule has 1 saturated heterocycles. The van der Waals surface area contributed by atoms with Crippen LogP contribution in [-0.4, -0.2) is 43.4 Å². The van der Waals surface area contributed by atoms with E-state index in [2.05, 4.69) is 4.90 Å². The molecular weight excluding hydrogens is 190 g/mol. The molecule has 2 rings (SSSR count). The minimum atomic E-state index is -0.869. The lowest BCUT2D eigenvalue weighted by molar-refractivity contribution is -0.0393. The quantitative estimate of drug-likeness (QED) is 0.740. The van der Waals surface area contributed by atoms with Crippen molar-refractivity contribution in [3.05, 3.63) is 35.9 Å². The summed E-state index contributed by atoms with van der Waals surface area (Å²) in [6.07, 6.45) is 0. The molecule has 1 aliphatic rings. The highest BCUT2D eigenvalue weighted by Gasteiger charge is 2.32. The topological polar surface area (TPSA) is 32.7 Å². The summed E-state index contributed by atoms with van der Waals surface area (Å²) < 4.78 is 5.44. The lowest BCUT2D eigenvalue weighted by Gasteiger charge is -2.29. The van der Waals surface area contributed by atoms with Gasteiger partial charge in [0, 0.05) is 13.1 Å². The Hall–Kier alpha value is -0.900. The molecule has 0 aromatic heterocycles. The van der Waals surface area contributed by atoms with Crippen LogP contribution in [0.2, 0.25) is 0 Å². The first-order valence-corrected chi connectivity index (χ1v) is 5.25. The summed E-state index contributed by atoms with van der Waals surface area (Å²) in [6.45, 7) is 2.55. The normalized spacial score (nSPS) is 28.7. The number of hydrogen-bond donors (Lipinski definition) is 1. The Morgan fingerprint density at radius 1 is 1.33 bits per heavy atom. The Morgan fingerprint density at radius 2 is 2.07 bits per heavy atom. The summed E-state index contributed by atoms with van der Waals surface area (Å²) in [4.78, 5) is 2.10. The van der Waals surface area contributed by atoms with Gasteiger partial charge in [-0.05, 0) is 12.6 Å². The minimum Gasteiger partial charge on any atom is -0.381 e. The molecule has 0 spiro atoms. The fourth-order valence-corrected chi connectivity index (χ4v) is 1.96. The molecule has 1 aliphatic heterocycles. The summed E-state index contributed by atoms with van der Waals surface area (Å²) in [5, 5.41) is 10.5. The molecule has 0 aliphatic carbocycles. The van der Waals surface area contributed by atoms with Gasteiger partial charge in [0.15, 0.2) is 0 Å². The summed E-state index contributed by atoms with van der Waals surface area (Å²) in [5.74, 6) is 0.